The van der Waals surface area contributed by atoms with Gasteiger partial charge in [-0.25, -0.2) is 0 Å². The molecular weight excluding hydrogens is 382 g/mol. The van der Waals surface area contributed by atoms with Crippen molar-refractivity contribution in [1.29, 1.82) is 0 Å². The number of aryl methyl sites for hydroxylation is 1. The lowest BCUT2D eigenvalue weighted by atomic mass is 10.1. The van der Waals surface area contributed by atoms with E-state index in [0.717, 1.165) is 39.0 Å². The number of hydrogen-bond acceptors (Lipinski definition) is 2. The molecule has 0 aliphatic carbocycles. The monoisotopic (exact) mass is 399 g/mol. The zero-order chi connectivity index (χ0) is 14.7. The van der Waals surface area contributed by atoms with Crippen molar-refractivity contribution in [3.63, 3.8) is 0 Å². The van der Waals surface area contributed by atoms with Crippen LogP contribution in [0.2, 0.25) is 0 Å². The fraction of sp³-hybridized carbons (Fsp3) is 0.375. The second-order valence-corrected chi connectivity index (χ2v) is 6.53. The Morgan fingerprint density at radius 1 is 1.15 bits per heavy atom. The molecule has 0 amide bonds. The molecular formula is C16H19Br2NO. The summed E-state index contributed by atoms with van der Waals surface area (Å²) in [6.45, 7) is 7.28. The molecule has 0 fully saturated rings. The molecule has 20 heavy (non-hydrogen) atoms. The largest absolute Gasteiger partial charge is 0.459 e. The van der Waals surface area contributed by atoms with Gasteiger partial charge < -0.3 is 9.73 Å². The molecule has 1 aromatic carbocycles. The minimum atomic E-state index is 0.275. The summed E-state index contributed by atoms with van der Waals surface area (Å²) in [6.07, 6.45) is 1.01. The van der Waals surface area contributed by atoms with Crippen molar-refractivity contribution in [3.8, 4) is 11.3 Å². The Balaban J connectivity index is 2.38. The number of rotatable bonds is 5. The number of furan rings is 1. The van der Waals surface area contributed by atoms with E-state index in [1.807, 2.05) is 6.07 Å². The van der Waals surface area contributed by atoms with Crippen molar-refractivity contribution in [2.75, 3.05) is 6.54 Å². The topological polar surface area (TPSA) is 25.2 Å². The Kier molecular flexibility index (Phi) is 5.47. The molecule has 0 bridgehead atoms. The van der Waals surface area contributed by atoms with E-state index in [9.17, 15) is 0 Å². The third kappa shape index (κ3) is 3.35. The third-order valence-corrected chi connectivity index (χ3v) is 4.51. The first-order valence-electron chi connectivity index (χ1n) is 6.85. The van der Waals surface area contributed by atoms with Crippen LogP contribution in [0.1, 0.15) is 37.6 Å². The summed E-state index contributed by atoms with van der Waals surface area (Å²) in [7, 11) is 0. The zero-order valence-corrected chi connectivity index (χ0v) is 15.1. The lowest BCUT2D eigenvalue weighted by molar-refractivity contribution is 0.417. The Hall–Kier alpha value is -0.580. The molecule has 108 valence electrons. The average Bonchev–Trinajstić information content (AvgIpc) is 2.84. The predicted molar refractivity (Wildman–Crippen MR) is 91.0 cm³/mol. The lowest BCUT2D eigenvalue weighted by Crippen LogP contribution is -2.19. The minimum absolute atomic E-state index is 0.275. The van der Waals surface area contributed by atoms with Gasteiger partial charge in [-0.05, 0) is 81.6 Å². The fourth-order valence-electron chi connectivity index (χ4n) is 2.30. The van der Waals surface area contributed by atoms with Crippen LogP contribution in [0, 0.1) is 6.92 Å². The van der Waals surface area contributed by atoms with Crippen molar-refractivity contribution < 1.29 is 4.42 Å². The summed E-state index contributed by atoms with van der Waals surface area (Å²) >= 11 is 7.25. The molecule has 4 heteroatoms. The first-order chi connectivity index (χ1) is 9.56. The molecule has 1 N–H and O–H groups in total. The number of hydrogen-bond donors (Lipinski definition) is 1. The van der Waals surface area contributed by atoms with E-state index in [2.05, 4.69) is 76.1 Å². The van der Waals surface area contributed by atoms with E-state index < -0.39 is 0 Å². The second-order valence-electron chi connectivity index (χ2n) is 4.82. The van der Waals surface area contributed by atoms with Gasteiger partial charge in [0.25, 0.3) is 0 Å². The Morgan fingerprint density at radius 2 is 1.80 bits per heavy atom. The maximum Gasteiger partial charge on any atom is 0.136 e. The van der Waals surface area contributed by atoms with Gasteiger partial charge in [0.15, 0.2) is 0 Å². The molecule has 0 saturated carbocycles. The van der Waals surface area contributed by atoms with E-state index >= 15 is 0 Å². The molecule has 1 aromatic heterocycles. The summed E-state index contributed by atoms with van der Waals surface area (Å²) in [5.41, 5.74) is 2.27. The van der Waals surface area contributed by atoms with Crippen LogP contribution >= 0.6 is 31.9 Å². The van der Waals surface area contributed by atoms with Crippen molar-refractivity contribution in [1.82, 2.24) is 5.32 Å². The van der Waals surface area contributed by atoms with Crippen LogP contribution in [0.4, 0.5) is 0 Å². The Morgan fingerprint density at radius 3 is 2.35 bits per heavy atom. The van der Waals surface area contributed by atoms with Crippen molar-refractivity contribution in [2.24, 2.45) is 0 Å². The standard InChI is InChI=1S/C16H19Br2NO/c1-4-13(19-5-2)14-6-7-15(20-14)16-11(17)8-10(3)9-12(16)18/h6-9,13,19H,4-5H2,1-3H3. The van der Waals surface area contributed by atoms with Gasteiger partial charge in [-0.1, -0.05) is 13.8 Å². The van der Waals surface area contributed by atoms with Crippen LogP contribution in [0.25, 0.3) is 11.3 Å². The summed E-state index contributed by atoms with van der Waals surface area (Å²) in [5, 5.41) is 3.43. The Labute approximate surface area is 137 Å². The van der Waals surface area contributed by atoms with Crippen LogP contribution in [0.15, 0.2) is 37.6 Å². The van der Waals surface area contributed by atoms with Gasteiger partial charge in [0, 0.05) is 14.5 Å². The molecule has 2 nitrogen and oxygen atoms in total. The van der Waals surface area contributed by atoms with Gasteiger partial charge in [0.2, 0.25) is 0 Å². The van der Waals surface area contributed by atoms with Crippen LogP contribution in [-0.2, 0) is 0 Å². The fourth-order valence-corrected chi connectivity index (χ4v) is 4.11. The number of halogens is 2. The SMILES string of the molecule is CCNC(CC)c1ccc(-c2c(Br)cc(C)cc2Br)o1. The summed E-state index contributed by atoms with van der Waals surface area (Å²) in [5.74, 6) is 1.87. The third-order valence-electron chi connectivity index (χ3n) is 3.26. The van der Waals surface area contributed by atoms with Crippen LogP contribution in [-0.4, -0.2) is 6.54 Å². The molecule has 1 heterocycles. The van der Waals surface area contributed by atoms with Gasteiger partial charge in [-0.15, -0.1) is 0 Å². The van der Waals surface area contributed by atoms with Crippen LogP contribution in [0.3, 0.4) is 0 Å². The van der Waals surface area contributed by atoms with E-state index in [4.69, 9.17) is 4.42 Å². The molecule has 0 radical (unpaired) electrons. The quantitative estimate of drug-likeness (QED) is 0.681. The molecule has 2 aromatic rings. The van der Waals surface area contributed by atoms with Crippen molar-refractivity contribution in [3.05, 3.63) is 44.5 Å². The maximum absolute atomic E-state index is 6.05. The minimum Gasteiger partial charge on any atom is -0.459 e. The average molecular weight is 401 g/mol. The van der Waals surface area contributed by atoms with Gasteiger partial charge in [-0.3, -0.25) is 0 Å². The smallest absolute Gasteiger partial charge is 0.136 e. The van der Waals surface area contributed by atoms with Gasteiger partial charge >= 0.3 is 0 Å². The highest BCUT2D eigenvalue weighted by Gasteiger charge is 2.16. The summed E-state index contributed by atoms with van der Waals surface area (Å²) < 4.78 is 8.14. The van der Waals surface area contributed by atoms with E-state index in [1.54, 1.807) is 0 Å². The normalized spacial score (nSPS) is 12.7. The molecule has 0 saturated heterocycles. The maximum atomic E-state index is 6.05. The molecule has 2 rings (SSSR count). The summed E-state index contributed by atoms with van der Waals surface area (Å²) in [4.78, 5) is 0. The molecule has 0 spiro atoms. The summed E-state index contributed by atoms with van der Waals surface area (Å²) in [6, 6.07) is 8.57. The highest BCUT2D eigenvalue weighted by molar-refractivity contribution is 9.11. The highest BCUT2D eigenvalue weighted by Crippen LogP contribution is 2.38. The molecule has 1 unspecified atom stereocenters. The van der Waals surface area contributed by atoms with Gasteiger partial charge in [0.1, 0.15) is 11.5 Å². The van der Waals surface area contributed by atoms with Crippen LogP contribution < -0.4 is 5.32 Å². The number of benzene rings is 1. The van der Waals surface area contributed by atoms with Gasteiger partial charge in [0.05, 0.1) is 6.04 Å². The number of nitrogens with one attached hydrogen (secondary N) is 1. The zero-order valence-electron chi connectivity index (χ0n) is 12.0. The second kappa shape index (κ2) is 6.92. The molecule has 0 aliphatic heterocycles. The molecule has 0 aliphatic rings. The predicted octanol–water partition coefficient (Wildman–Crippen LogP) is 5.84. The van der Waals surface area contributed by atoms with E-state index in [0.29, 0.717) is 0 Å². The van der Waals surface area contributed by atoms with E-state index in [1.165, 1.54) is 5.56 Å². The molecule has 1 atom stereocenters. The van der Waals surface area contributed by atoms with Crippen LogP contribution in [0.5, 0.6) is 0 Å². The van der Waals surface area contributed by atoms with Crippen molar-refractivity contribution in [2.45, 2.75) is 33.2 Å². The van der Waals surface area contributed by atoms with E-state index in [-0.39, 0.29) is 6.04 Å². The van der Waals surface area contributed by atoms with Gasteiger partial charge in [-0.2, -0.15) is 0 Å². The lowest BCUT2D eigenvalue weighted by Gasteiger charge is -2.13. The first-order valence-corrected chi connectivity index (χ1v) is 8.44. The first kappa shape index (κ1) is 15.8. The Bertz CT molecular complexity index is 569. The highest BCUT2D eigenvalue weighted by atomic mass is 79.9. The van der Waals surface area contributed by atoms with Crippen molar-refractivity contribution >= 4 is 31.9 Å².